The van der Waals surface area contributed by atoms with Gasteiger partial charge in [0, 0.05) is 13.2 Å². The second-order valence-electron chi connectivity index (χ2n) is 2.58. The Bertz CT molecular complexity index is 385. The Morgan fingerprint density at radius 1 is 1.64 bits per heavy atom. The molecule has 0 bridgehead atoms. The summed E-state index contributed by atoms with van der Waals surface area (Å²) < 4.78 is 5.82. The van der Waals surface area contributed by atoms with E-state index in [0.717, 1.165) is 4.68 Å². The third-order valence-corrected chi connectivity index (χ3v) is 1.59. The number of ether oxygens (including phenoxy) is 1. The Balaban J connectivity index is 2.96. The van der Waals surface area contributed by atoms with Gasteiger partial charge >= 0.3 is 5.97 Å². The third kappa shape index (κ3) is 2.40. The molecule has 0 aliphatic heterocycles. The zero-order valence-electron chi connectivity index (χ0n) is 7.64. The fourth-order valence-corrected chi connectivity index (χ4v) is 0.901. The smallest absolute Gasteiger partial charge is 0.356 e. The lowest BCUT2D eigenvalue weighted by Crippen LogP contribution is -2.26. The minimum absolute atomic E-state index is 0.152. The normalized spacial score (nSPS) is 10.1. The molecule has 0 aromatic carbocycles. The lowest BCUT2D eigenvalue weighted by molar-refractivity contribution is 0.0686. The number of carboxylic acid groups (broad SMARTS) is 1. The number of rotatable bonds is 4. The lowest BCUT2D eigenvalue weighted by atomic mass is 10.4. The molecule has 0 amide bonds. The van der Waals surface area contributed by atoms with E-state index in [1.165, 1.54) is 19.2 Å². The Morgan fingerprint density at radius 3 is 2.93 bits per heavy atom. The summed E-state index contributed by atoms with van der Waals surface area (Å²) in [5.41, 5.74) is -0.493. The SMILES string of the molecule is COCCn1nc(C(=O)O)ccc1=O. The van der Waals surface area contributed by atoms with Crippen molar-refractivity contribution in [1.82, 2.24) is 9.78 Å². The van der Waals surface area contributed by atoms with Crippen LogP contribution in [0.1, 0.15) is 10.5 Å². The summed E-state index contributed by atoms with van der Waals surface area (Å²) in [5, 5.41) is 12.3. The van der Waals surface area contributed by atoms with Crippen molar-refractivity contribution < 1.29 is 14.6 Å². The molecular formula is C8H10N2O4. The second-order valence-corrected chi connectivity index (χ2v) is 2.58. The highest BCUT2D eigenvalue weighted by Crippen LogP contribution is 1.89. The van der Waals surface area contributed by atoms with Gasteiger partial charge in [0.2, 0.25) is 0 Å². The zero-order chi connectivity index (χ0) is 10.6. The maximum absolute atomic E-state index is 11.2. The van der Waals surface area contributed by atoms with Crippen molar-refractivity contribution in [1.29, 1.82) is 0 Å². The number of carboxylic acids is 1. The minimum Gasteiger partial charge on any atom is -0.476 e. The quantitative estimate of drug-likeness (QED) is 0.711. The van der Waals surface area contributed by atoms with Gasteiger partial charge in [-0.15, -0.1) is 0 Å². The Labute approximate surface area is 79.7 Å². The summed E-state index contributed by atoms with van der Waals surface area (Å²) in [5.74, 6) is -1.16. The van der Waals surface area contributed by atoms with Crippen LogP contribution in [-0.2, 0) is 11.3 Å². The molecule has 0 spiro atoms. The average molecular weight is 198 g/mol. The van der Waals surface area contributed by atoms with E-state index in [9.17, 15) is 9.59 Å². The Morgan fingerprint density at radius 2 is 2.36 bits per heavy atom. The highest BCUT2D eigenvalue weighted by molar-refractivity contribution is 5.84. The lowest BCUT2D eigenvalue weighted by Gasteiger charge is -2.03. The summed E-state index contributed by atoms with van der Waals surface area (Å²) in [6.45, 7) is 0.562. The molecule has 0 fully saturated rings. The molecule has 0 radical (unpaired) electrons. The highest BCUT2D eigenvalue weighted by atomic mass is 16.5. The summed E-state index contributed by atoms with van der Waals surface area (Å²) in [6, 6.07) is 2.35. The molecule has 14 heavy (non-hydrogen) atoms. The number of aromatic carboxylic acids is 1. The van der Waals surface area contributed by atoms with Crippen LogP contribution >= 0.6 is 0 Å². The molecule has 1 aromatic rings. The van der Waals surface area contributed by atoms with Gasteiger partial charge in [-0.1, -0.05) is 0 Å². The van der Waals surface area contributed by atoms with E-state index in [2.05, 4.69) is 5.10 Å². The average Bonchev–Trinajstić information content (AvgIpc) is 2.16. The van der Waals surface area contributed by atoms with Gasteiger partial charge < -0.3 is 9.84 Å². The van der Waals surface area contributed by atoms with Gasteiger partial charge in [-0.25, -0.2) is 9.48 Å². The molecule has 1 rings (SSSR count). The van der Waals surface area contributed by atoms with Gasteiger partial charge in [0.05, 0.1) is 13.2 Å². The molecule has 6 nitrogen and oxygen atoms in total. The second kappa shape index (κ2) is 4.52. The zero-order valence-corrected chi connectivity index (χ0v) is 7.64. The van der Waals surface area contributed by atoms with Crippen LogP contribution in [0.5, 0.6) is 0 Å². The number of carbonyl (C=O) groups is 1. The fourth-order valence-electron chi connectivity index (χ4n) is 0.901. The van der Waals surface area contributed by atoms with Gasteiger partial charge in [-0.3, -0.25) is 4.79 Å². The summed E-state index contributed by atoms with van der Waals surface area (Å²) in [6.07, 6.45) is 0. The molecule has 0 aliphatic carbocycles. The highest BCUT2D eigenvalue weighted by Gasteiger charge is 2.06. The van der Waals surface area contributed by atoms with E-state index in [0.29, 0.717) is 6.61 Å². The monoisotopic (exact) mass is 198 g/mol. The van der Waals surface area contributed by atoms with Crippen LogP contribution in [-0.4, -0.2) is 34.6 Å². The molecule has 0 saturated heterocycles. The van der Waals surface area contributed by atoms with Crippen LogP contribution in [0.25, 0.3) is 0 Å². The number of methoxy groups -OCH3 is 1. The van der Waals surface area contributed by atoms with Gasteiger partial charge in [0.1, 0.15) is 0 Å². The molecule has 0 atom stereocenters. The Kier molecular flexibility index (Phi) is 3.35. The molecule has 1 N–H and O–H groups in total. The predicted octanol–water partition coefficient (Wildman–Crippen LogP) is -0.412. The Hall–Kier alpha value is -1.69. The third-order valence-electron chi connectivity index (χ3n) is 1.59. The molecule has 1 aromatic heterocycles. The fraction of sp³-hybridized carbons (Fsp3) is 0.375. The standard InChI is InChI=1S/C8H10N2O4/c1-14-5-4-10-7(11)3-2-6(9-10)8(12)13/h2-3H,4-5H2,1H3,(H,12,13). The molecule has 0 saturated carbocycles. The van der Waals surface area contributed by atoms with E-state index in [1.807, 2.05) is 0 Å². The maximum Gasteiger partial charge on any atom is 0.356 e. The van der Waals surface area contributed by atoms with Gasteiger partial charge in [-0.2, -0.15) is 5.10 Å². The van der Waals surface area contributed by atoms with Crippen LogP contribution < -0.4 is 5.56 Å². The molecule has 1 heterocycles. The van der Waals surface area contributed by atoms with E-state index in [1.54, 1.807) is 0 Å². The van der Waals surface area contributed by atoms with Crippen molar-refractivity contribution in [2.24, 2.45) is 0 Å². The van der Waals surface area contributed by atoms with Crippen molar-refractivity contribution in [2.45, 2.75) is 6.54 Å². The van der Waals surface area contributed by atoms with Gasteiger partial charge in [-0.05, 0) is 6.07 Å². The van der Waals surface area contributed by atoms with E-state index in [4.69, 9.17) is 9.84 Å². The first-order valence-electron chi connectivity index (χ1n) is 3.95. The summed E-state index contributed by atoms with van der Waals surface area (Å²) >= 11 is 0. The predicted molar refractivity (Wildman–Crippen MR) is 47.3 cm³/mol. The summed E-state index contributed by atoms with van der Waals surface area (Å²) in [7, 11) is 1.49. The van der Waals surface area contributed by atoms with Crippen LogP contribution in [0.2, 0.25) is 0 Å². The number of hydrogen-bond donors (Lipinski definition) is 1. The van der Waals surface area contributed by atoms with E-state index in [-0.39, 0.29) is 17.8 Å². The largest absolute Gasteiger partial charge is 0.476 e. The first kappa shape index (κ1) is 10.4. The first-order valence-corrected chi connectivity index (χ1v) is 3.95. The minimum atomic E-state index is -1.16. The van der Waals surface area contributed by atoms with Crippen molar-refractivity contribution in [2.75, 3.05) is 13.7 Å². The molecule has 0 aliphatic rings. The van der Waals surface area contributed by atoms with Crippen LogP contribution in [0.4, 0.5) is 0 Å². The molecule has 6 heteroatoms. The van der Waals surface area contributed by atoms with Crippen molar-refractivity contribution >= 4 is 5.97 Å². The number of aromatic nitrogens is 2. The van der Waals surface area contributed by atoms with Gasteiger partial charge in [0.15, 0.2) is 5.69 Å². The molecular weight excluding hydrogens is 188 g/mol. The van der Waals surface area contributed by atoms with E-state index >= 15 is 0 Å². The molecule has 76 valence electrons. The number of hydrogen-bond acceptors (Lipinski definition) is 4. The number of nitrogens with zero attached hydrogens (tertiary/aromatic N) is 2. The van der Waals surface area contributed by atoms with Crippen LogP contribution in [0, 0.1) is 0 Å². The van der Waals surface area contributed by atoms with Crippen LogP contribution in [0.15, 0.2) is 16.9 Å². The summed E-state index contributed by atoms with van der Waals surface area (Å²) in [4.78, 5) is 21.7. The molecule has 0 unspecified atom stereocenters. The van der Waals surface area contributed by atoms with Crippen molar-refractivity contribution in [3.05, 3.63) is 28.2 Å². The van der Waals surface area contributed by atoms with Crippen molar-refractivity contribution in [3.63, 3.8) is 0 Å². The van der Waals surface area contributed by atoms with Gasteiger partial charge in [0.25, 0.3) is 5.56 Å². The van der Waals surface area contributed by atoms with Crippen molar-refractivity contribution in [3.8, 4) is 0 Å². The van der Waals surface area contributed by atoms with E-state index < -0.39 is 5.97 Å². The topological polar surface area (TPSA) is 81.4 Å². The van der Waals surface area contributed by atoms with Crippen LogP contribution in [0.3, 0.4) is 0 Å². The first-order chi connectivity index (χ1) is 6.65. The maximum atomic E-state index is 11.2.